The van der Waals surface area contributed by atoms with E-state index in [1.54, 1.807) is 24.3 Å². The molecule has 3 rings (SSSR count). The molecule has 1 aliphatic carbocycles. The summed E-state index contributed by atoms with van der Waals surface area (Å²) in [4.78, 5) is 24.6. The fourth-order valence-corrected chi connectivity index (χ4v) is 3.55. The van der Waals surface area contributed by atoms with Crippen LogP contribution < -0.4 is 5.32 Å². The Hall–Kier alpha value is -2.76. The number of ether oxygens (including phenoxy) is 1. The van der Waals surface area contributed by atoms with Gasteiger partial charge in [-0.15, -0.1) is 0 Å². The molecule has 0 spiro atoms. The van der Waals surface area contributed by atoms with Crippen LogP contribution in [-0.2, 0) is 9.53 Å². The molecule has 0 saturated heterocycles. The standard InChI is InChI=1S/C21H25NO5/c1-13(20(25)22-12-14-7-3-2-4-8-14)27-21(26)17-11-18(23)15-9-5-6-10-16(15)19(17)24/h5-6,9-11,13-14,23-24H,2-4,7-8,12H2,1H3,(H,22,25)/t13-/m1/s1. The SMILES string of the molecule is C[C@@H](OC(=O)c1cc(O)c2ccccc2c1O)C(=O)NCC1CCCCC1. The van der Waals surface area contributed by atoms with E-state index in [0.717, 1.165) is 18.9 Å². The molecule has 1 aliphatic rings. The first-order valence-electron chi connectivity index (χ1n) is 9.39. The molecule has 144 valence electrons. The number of hydrogen-bond donors (Lipinski definition) is 3. The molecular formula is C21H25NO5. The van der Waals surface area contributed by atoms with Crippen LogP contribution in [0.1, 0.15) is 49.4 Å². The summed E-state index contributed by atoms with van der Waals surface area (Å²) in [5.41, 5.74) is -0.168. The number of amides is 1. The lowest BCUT2D eigenvalue weighted by atomic mass is 9.89. The Morgan fingerprint density at radius 1 is 1.15 bits per heavy atom. The van der Waals surface area contributed by atoms with Crippen molar-refractivity contribution in [1.82, 2.24) is 5.32 Å². The van der Waals surface area contributed by atoms with Crippen molar-refractivity contribution in [2.24, 2.45) is 5.92 Å². The molecule has 1 fully saturated rings. The van der Waals surface area contributed by atoms with Gasteiger partial charge in [-0.25, -0.2) is 4.79 Å². The van der Waals surface area contributed by atoms with E-state index in [-0.39, 0.29) is 23.0 Å². The average molecular weight is 371 g/mol. The van der Waals surface area contributed by atoms with E-state index < -0.39 is 12.1 Å². The Bertz CT molecular complexity index is 842. The van der Waals surface area contributed by atoms with Gasteiger partial charge in [-0.3, -0.25) is 4.79 Å². The summed E-state index contributed by atoms with van der Waals surface area (Å²) in [6.07, 6.45) is 4.86. The second kappa shape index (κ2) is 8.29. The van der Waals surface area contributed by atoms with Crippen molar-refractivity contribution in [2.45, 2.75) is 45.1 Å². The molecule has 0 bridgehead atoms. The van der Waals surface area contributed by atoms with Crippen LogP contribution in [0.5, 0.6) is 11.5 Å². The van der Waals surface area contributed by atoms with E-state index >= 15 is 0 Å². The van der Waals surface area contributed by atoms with Crippen molar-refractivity contribution in [3.63, 3.8) is 0 Å². The van der Waals surface area contributed by atoms with Gasteiger partial charge in [-0.2, -0.15) is 0 Å². The van der Waals surface area contributed by atoms with Crippen molar-refractivity contribution < 1.29 is 24.5 Å². The number of nitrogens with one attached hydrogen (secondary N) is 1. The fraction of sp³-hybridized carbons (Fsp3) is 0.429. The lowest BCUT2D eigenvalue weighted by Gasteiger charge is -2.22. The van der Waals surface area contributed by atoms with Crippen LogP contribution in [0.3, 0.4) is 0 Å². The van der Waals surface area contributed by atoms with Crippen LogP contribution in [0.15, 0.2) is 30.3 Å². The molecule has 0 unspecified atom stereocenters. The van der Waals surface area contributed by atoms with Crippen LogP contribution in [0.4, 0.5) is 0 Å². The van der Waals surface area contributed by atoms with Crippen molar-refractivity contribution in [1.29, 1.82) is 0 Å². The Balaban J connectivity index is 1.65. The second-order valence-electron chi connectivity index (χ2n) is 7.13. The molecule has 2 aromatic rings. The number of carbonyl (C=O) groups is 2. The molecule has 3 N–H and O–H groups in total. The van der Waals surface area contributed by atoms with Gasteiger partial charge in [0.15, 0.2) is 6.10 Å². The summed E-state index contributed by atoms with van der Waals surface area (Å²) < 4.78 is 5.20. The van der Waals surface area contributed by atoms with Crippen molar-refractivity contribution in [3.05, 3.63) is 35.9 Å². The van der Waals surface area contributed by atoms with Crippen LogP contribution in [-0.4, -0.2) is 34.7 Å². The lowest BCUT2D eigenvalue weighted by molar-refractivity contribution is -0.129. The maximum absolute atomic E-state index is 12.4. The first-order valence-corrected chi connectivity index (χ1v) is 9.39. The van der Waals surface area contributed by atoms with E-state index in [4.69, 9.17) is 4.74 Å². The number of carbonyl (C=O) groups excluding carboxylic acids is 2. The van der Waals surface area contributed by atoms with E-state index in [2.05, 4.69) is 5.32 Å². The highest BCUT2D eigenvalue weighted by molar-refractivity contribution is 6.04. The van der Waals surface area contributed by atoms with Crippen LogP contribution >= 0.6 is 0 Å². The van der Waals surface area contributed by atoms with Gasteiger partial charge in [0.1, 0.15) is 17.1 Å². The molecule has 1 saturated carbocycles. The molecular weight excluding hydrogens is 346 g/mol. The van der Waals surface area contributed by atoms with Crippen molar-refractivity contribution >= 4 is 22.6 Å². The molecule has 0 heterocycles. The van der Waals surface area contributed by atoms with Crippen LogP contribution in [0.2, 0.25) is 0 Å². The number of aromatic hydroxyl groups is 2. The Morgan fingerprint density at radius 3 is 2.52 bits per heavy atom. The first-order chi connectivity index (χ1) is 13.0. The normalized spacial score (nSPS) is 16.0. The Labute approximate surface area is 158 Å². The third-order valence-electron chi connectivity index (χ3n) is 5.16. The summed E-state index contributed by atoms with van der Waals surface area (Å²) >= 11 is 0. The number of phenolic OH excluding ortho intramolecular Hbond substituents is 2. The van der Waals surface area contributed by atoms with Gasteiger partial charge in [-0.1, -0.05) is 43.5 Å². The smallest absolute Gasteiger partial charge is 0.342 e. The van der Waals surface area contributed by atoms with Gasteiger partial charge in [0.05, 0.1) is 0 Å². The third-order valence-corrected chi connectivity index (χ3v) is 5.16. The summed E-state index contributed by atoms with van der Waals surface area (Å²) in [6.45, 7) is 2.08. The summed E-state index contributed by atoms with van der Waals surface area (Å²) in [7, 11) is 0. The van der Waals surface area contributed by atoms with E-state index in [9.17, 15) is 19.8 Å². The van der Waals surface area contributed by atoms with Gasteiger partial charge in [0.2, 0.25) is 0 Å². The highest BCUT2D eigenvalue weighted by Gasteiger charge is 2.24. The Kier molecular flexibility index (Phi) is 5.84. The van der Waals surface area contributed by atoms with Gasteiger partial charge >= 0.3 is 5.97 Å². The molecule has 0 aliphatic heterocycles. The predicted octanol–water partition coefficient (Wildman–Crippen LogP) is 3.49. The summed E-state index contributed by atoms with van der Waals surface area (Å²) in [6, 6.07) is 7.81. The number of esters is 1. The number of fused-ring (bicyclic) bond motifs is 1. The van der Waals surface area contributed by atoms with Crippen molar-refractivity contribution in [2.75, 3.05) is 6.54 Å². The second-order valence-corrected chi connectivity index (χ2v) is 7.13. The summed E-state index contributed by atoms with van der Waals surface area (Å²) in [5, 5.41) is 24.1. The van der Waals surface area contributed by atoms with Gasteiger partial charge < -0.3 is 20.3 Å². The van der Waals surface area contributed by atoms with Crippen molar-refractivity contribution in [3.8, 4) is 11.5 Å². The highest BCUT2D eigenvalue weighted by Crippen LogP contribution is 2.35. The molecule has 6 heteroatoms. The predicted molar refractivity (Wildman–Crippen MR) is 102 cm³/mol. The van der Waals surface area contributed by atoms with Crippen LogP contribution in [0, 0.1) is 5.92 Å². The van der Waals surface area contributed by atoms with Gasteiger partial charge in [-0.05, 0) is 31.7 Å². The van der Waals surface area contributed by atoms with E-state index in [0.29, 0.717) is 23.2 Å². The molecule has 0 aromatic heterocycles. The van der Waals surface area contributed by atoms with Gasteiger partial charge in [0, 0.05) is 17.3 Å². The van der Waals surface area contributed by atoms with Crippen LogP contribution in [0.25, 0.3) is 10.8 Å². The first kappa shape index (κ1) is 19.0. The number of hydrogen-bond acceptors (Lipinski definition) is 5. The number of rotatable bonds is 5. The number of phenols is 2. The monoisotopic (exact) mass is 371 g/mol. The molecule has 6 nitrogen and oxygen atoms in total. The van der Waals surface area contributed by atoms with E-state index in [1.807, 2.05) is 0 Å². The average Bonchev–Trinajstić information content (AvgIpc) is 2.69. The maximum Gasteiger partial charge on any atom is 0.342 e. The molecule has 2 aromatic carbocycles. The largest absolute Gasteiger partial charge is 0.507 e. The van der Waals surface area contributed by atoms with E-state index in [1.165, 1.54) is 26.2 Å². The quantitative estimate of drug-likeness (QED) is 0.552. The fourth-order valence-electron chi connectivity index (χ4n) is 3.55. The minimum absolute atomic E-state index is 0.134. The molecule has 0 radical (unpaired) electrons. The number of benzene rings is 2. The molecule has 1 atom stereocenters. The third kappa shape index (κ3) is 4.32. The van der Waals surface area contributed by atoms with Gasteiger partial charge in [0.25, 0.3) is 5.91 Å². The topological polar surface area (TPSA) is 95.9 Å². The molecule has 27 heavy (non-hydrogen) atoms. The minimum atomic E-state index is -0.992. The highest BCUT2D eigenvalue weighted by atomic mass is 16.5. The summed E-state index contributed by atoms with van der Waals surface area (Å²) in [5.74, 6) is -1.15. The Morgan fingerprint density at radius 2 is 1.81 bits per heavy atom. The lowest BCUT2D eigenvalue weighted by Crippen LogP contribution is -2.38. The maximum atomic E-state index is 12.4. The zero-order valence-corrected chi connectivity index (χ0v) is 15.4. The minimum Gasteiger partial charge on any atom is -0.507 e. The molecule has 1 amide bonds. The zero-order chi connectivity index (χ0) is 19.4. The zero-order valence-electron chi connectivity index (χ0n) is 15.4.